The Hall–Kier alpha value is -4.68. The van der Waals surface area contributed by atoms with Gasteiger partial charge in [-0.25, -0.2) is 17.8 Å². The van der Waals surface area contributed by atoms with Crippen LogP contribution in [0.1, 0.15) is 50.7 Å². The molecule has 0 spiro atoms. The second-order valence-corrected chi connectivity index (χ2v) is 15.3. The molecule has 3 N–H and O–H groups in total. The Labute approximate surface area is 293 Å². The highest BCUT2D eigenvalue weighted by Gasteiger charge is 2.27. The number of aryl methyl sites for hydroxylation is 2. The van der Waals surface area contributed by atoms with Crippen LogP contribution in [0.3, 0.4) is 0 Å². The van der Waals surface area contributed by atoms with Crippen molar-refractivity contribution in [3.63, 3.8) is 0 Å². The van der Waals surface area contributed by atoms with E-state index in [1.807, 2.05) is 15.6 Å². The van der Waals surface area contributed by atoms with E-state index in [4.69, 9.17) is 19.8 Å². The molecular formula is C33H38F3N7O6S2. The Morgan fingerprint density at radius 1 is 0.961 bits per heavy atom. The SMILES string of the molecule is C[C@H](Oc1cc(-c2nn(C)c3c(-c4cnn(CCCCCCCOS(C)(=O)=O)c4)cnc(N)c23)ccc1NS(=O)(=O)C(F)F)c1ccc(F)cc1. The van der Waals surface area contributed by atoms with Crippen LogP contribution in [0.5, 0.6) is 5.75 Å². The quantitative estimate of drug-likeness (QED) is 0.0817. The number of aromatic nitrogens is 5. The molecule has 0 aliphatic carbocycles. The Kier molecular flexibility index (Phi) is 11.6. The van der Waals surface area contributed by atoms with Crippen LogP contribution >= 0.6 is 0 Å². The number of hydrogen-bond acceptors (Lipinski definition) is 10. The molecule has 0 bridgehead atoms. The van der Waals surface area contributed by atoms with Gasteiger partial charge in [0.1, 0.15) is 29.2 Å². The van der Waals surface area contributed by atoms with Crippen molar-refractivity contribution in [3.05, 3.63) is 72.4 Å². The minimum atomic E-state index is -5.04. The normalized spacial score (nSPS) is 12.8. The van der Waals surface area contributed by atoms with Gasteiger partial charge >= 0.3 is 5.76 Å². The van der Waals surface area contributed by atoms with Crippen molar-refractivity contribution in [2.24, 2.45) is 7.05 Å². The van der Waals surface area contributed by atoms with E-state index < -0.39 is 37.8 Å². The van der Waals surface area contributed by atoms with Gasteiger partial charge in [0.2, 0.25) is 0 Å². The molecule has 0 amide bonds. The third-order valence-corrected chi connectivity index (χ3v) is 9.62. The van der Waals surface area contributed by atoms with E-state index in [-0.39, 0.29) is 23.9 Å². The molecule has 5 aromatic rings. The number of hydrogen-bond donors (Lipinski definition) is 2. The van der Waals surface area contributed by atoms with Crippen molar-refractivity contribution in [1.82, 2.24) is 24.5 Å². The molecule has 51 heavy (non-hydrogen) atoms. The number of unbranched alkanes of at least 4 members (excludes halogenated alkanes) is 4. The molecule has 0 unspecified atom stereocenters. The fraction of sp³-hybridized carbons (Fsp3) is 0.364. The summed E-state index contributed by atoms with van der Waals surface area (Å²) >= 11 is 0. The Morgan fingerprint density at radius 2 is 1.67 bits per heavy atom. The predicted octanol–water partition coefficient (Wildman–Crippen LogP) is 6.25. The van der Waals surface area contributed by atoms with Gasteiger partial charge in [0.15, 0.2) is 0 Å². The van der Waals surface area contributed by atoms with Gasteiger partial charge in [-0.15, -0.1) is 0 Å². The zero-order valence-electron chi connectivity index (χ0n) is 28.1. The first kappa shape index (κ1) is 37.6. The second-order valence-electron chi connectivity index (χ2n) is 12.0. The minimum absolute atomic E-state index is 0.0708. The van der Waals surface area contributed by atoms with Gasteiger partial charge in [0, 0.05) is 42.7 Å². The number of halogens is 3. The molecule has 3 aromatic heterocycles. The fourth-order valence-corrected chi connectivity index (χ4v) is 6.52. The topological polar surface area (TPSA) is 173 Å². The maximum Gasteiger partial charge on any atom is 0.355 e. The first-order valence-electron chi connectivity index (χ1n) is 16.0. The molecule has 3 heterocycles. The maximum atomic E-state index is 13.5. The number of rotatable bonds is 17. The summed E-state index contributed by atoms with van der Waals surface area (Å²) in [7, 11) is -6.72. The van der Waals surface area contributed by atoms with E-state index in [2.05, 4.69) is 10.1 Å². The number of nitrogens with one attached hydrogen (secondary N) is 1. The number of alkyl halides is 2. The standard InChI is InChI=1S/C33H38F3N7O6S2/c1-21(22-9-12-25(34)13-10-22)49-28-17-23(11-14-27(28)41-51(46,47)33(35)36)30-29-31(42(2)40-30)26(19-38-32(29)37)24-18-39-43(20-24)15-7-5-4-6-8-16-48-50(3,44)45/h9-14,17-21,33,41H,4-8,15-16H2,1-3H3,(H2,37,38)/t21-/m0/s1. The average Bonchev–Trinajstić information content (AvgIpc) is 3.68. The van der Waals surface area contributed by atoms with Gasteiger partial charge in [0.05, 0.1) is 35.6 Å². The van der Waals surface area contributed by atoms with Crippen molar-refractivity contribution in [3.8, 4) is 28.1 Å². The summed E-state index contributed by atoms with van der Waals surface area (Å²) in [6, 6.07) is 9.75. The highest BCUT2D eigenvalue weighted by atomic mass is 32.2. The summed E-state index contributed by atoms with van der Waals surface area (Å²) in [5, 5.41) is 9.72. The Morgan fingerprint density at radius 3 is 2.37 bits per heavy atom. The summed E-state index contributed by atoms with van der Waals surface area (Å²) in [4.78, 5) is 4.42. The van der Waals surface area contributed by atoms with Gasteiger partial charge in [-0.1, -0.05) is 37.5 Å². The number of sulfonamides is 1. The largest absolute Gasteiger partial charge is 0.484 e. The van der Waals surface area contributed by atoms with Crippen LogP contribution in [0.4, 0.5) is 24.7 Å². The van der Waals surface area contributed by atoms with E-state index >= 15 is 0 Å². The van der Waals surface area contributed by atoms with Crippen molar-refractivity contribution in [2.75, 3.05) is 23.3 Å². The first-order chi connectivity index (χ1) is 24.1. The highest BCUT2D eigenvalue weighted by Crippen LogP contribution is 2.40. The number of benzene rings is 2. The minimum Gasteiger partial charge on any atom is -0.484 e. The highest BCUT2D eigenvalue weighted by molar-refractivity contribution is 7.93. The Bertz CT molecular complexity index is 2210. The number of nitrogens with two attached hydrogens (primary N) is 1. The molecule has 0 aliphatic rings. The van der Waals surface area contributed by atoms with Crippen molar-refractivity contribution in [2.45, 2.75) is 57.4 Å². The first-order valence-corrected chi connectivity index (χ1v) is 19.3. The third-order valence-electron chi connectivity index (χ3n) is 8.05. The molecule has 0 saturated heterocycles. The molecule has 2 aromatic carbocycles. The Balaban J connectivity index is 1.40. The van der Waals surface area contributed by atoms with Crippen LogP contribution in [0.15, 0.2) is 61.1 Å². The van der Waals surface area contributed by atoms with Crippen molar-refractivity contribution in [1.29, 1.82) is 0 Å². The molecule has 274 valence electrons. The monoisotopic (exact) mass is 749 g/mol. The molecular weight excluding hydrogens is 712 g/mol. The van der Waals surface area contributed by atoms with E-state index in [9.17, 15) is 30.0 Å². The van der Waals surface area contributed by atoms with Crippen LogP contribution in [-0.2, 0) is 37.9 Å². The van der Waals surface area contributed by atoms with Crippen LogP contribution in [0, 0.1) is 5.82 Å². The van der Waals surface area contributed by atoms with Gasteiger partial charge in [-0.3, -0.25) is 18.3 Å². The predicted molar refractivity (Wildman–Crippen MR) is 187 cm³/mol. The van der Waals surface area contributed by atoms with Crippen molar-refractivity contribution >= 4 is 42.5 Å². The lowest BCUT2D eigenvalue weighted by Gasteiger charge is -2.19. The van der Waals surface area contributed by atoms with E-state index in [0.29, 0.717) is 46.3 Å². The van der Waals surface area contributed by atoms with Crippen LogP contribution < -0.4 is 15.2 Å². The average molecular weight is 750 g/mol. The number of pyridine rings is 1. The molecule has 0 aliphatic heterocycles. The molecule has 0 fully saturated rings. The summed E-state index contributed by atoms with van der Waals surface area (Å²) in [5.74, 6) is -4.04. The number of anilines is 2. The van der Waals surface area contributed by atoms with Gasteiger partial charge in [-0.2, -0.15) is 27.4 Å². The van der Waals surface area contributed by atoms with E-state index in [0.717, 1.165) is 37.5 Å². The lowest BCUT2D eigenvalue weighted by Crippen LogP contribution is -2.21. The van der Waals surface area contributed by atoms with Crippen LogP contribution in [0.2, 0.25) is 0 Å². The van der Waals surface area contributed by atoms with E-state index in [1.54, 1.807) is 31.0 Å². The van der Waals surface area contributed by atoms with Crippen LogP contribution in [-0.4, -0.2) is 60.0 Å². The summed E-state index contributed by atoms with van der Waals surface area (Å²) in [5.41, 5.74) is 9.68. The number of nitrogen functional groups attached to an aromatic ring is 1. The van der Waals surface area contributed by atoms with E-state index in [1.165, 1.54) is 42.5 Å². The molecule has 1 atom stereocenters. The number of fused-ring (bicyclic) bond motifs is 1. The molecule has 5 rings (SSSR count). The number of nitrogens with zero attached hydrogens (tertiary/aromatic N) is 5. The third kappa shape index (κ3) is 9.36. The summed E-state index contributed by atoms with van der Waals surface area (Å²) in [6.07, 6.45) is 9.80. The van der Waals surface area contributed by atoms with Crippen molar-refractivity contribution < 1.29 is 38.9 Å². The molecule has 0 radical (unpaired) electrons. The molecule has 0 saturated carbocycles. The van der Waals surface area contributed by atoms with Crippen LogP contribution in [0.25, 0.3) is 33.3 Å². The zero-order valence-corrected chi connectivity index (χ0v) is 29.7. The maximum absolute atomic E-state index is 13.5. The zero-order chi connectivity index (χ0) is 36.9. The van der Waals surface area contributed by atoms with Gasteiger partial charge < -0.3 is 10.5 Å². The second kappa shape index (κ2) is 15.7. The molecule has 18 heteroatoms. The fourth-order valence-electron chi connectivity index (χ4n) is 5.53. The number of ether oxygens (including phenoxy) is 1. The summed E-state index contributed by atoms with van der Waals surface area (Å²) in [6.45, 7) is 2.50. The van der Waals surface area contributed by atoms with Gasteiger partial charge in [-0.05, 0) is 49.6 Å². The lowest BCUT2D eigenvalue weighted by atomic mass is 10.0. The summed E-state index contributed by atoms with van der Waals surface area (Å²) < 4.78 is 103. The molecule has 13 nitrogen and oxygen atoms in total. The lowest BCUT2D eigenvalue weighted by molar-refractivity contribution is 0.228. The smallest absolute Gasteiger partial charge is 0.355 e. The van der Waals surface area contributed by atoms with Gasteiger partial charge in [0.25, 0.3) is 20.1 Å².